The van der Waals surface area contributed by atoms with Gasteiger partial charge in [0.25, 0.3) is 0 Å². The van der Waals surface area contributed by atoms with Gasteiger partial charge in [0.05, 0.1) is 41.9 Å². The maximum atomic E-state index is 12.8. The zero-order valence-electron chi connectivity index (χ0n) is 15.2. The zero-order chi connectivity index (χ0) is 19.9. The molecular formula is C19H17N3O5S. The molecule has 0 saturated heterocycles. The van der Waals surface area contributed by atoms with Crippen molar-refractivity contribution >= 4 is 15.8 Å². The van der Waals surface area contributed by atoms with Gasteiger partial charge in [0, 0.05) is 17.2 Å². The summed E-state index contributed by atoms with van der Waals surface area (Å²) in [6.07, 6.45) is 1.55. The smallest absolute Gasteiger partial charge is 0.359 e. The first-order valence-electron chi connectivity index (χ1n) is 8.58. The van der Waals surface area contributed by atoms with Crippen molar-refractivity contribution < 1.29 is 22.7 Å². The Bertz CT molecular complexity index is 1170. The van der Waals surface area contributed by atoms with Crippen molar-refractivity contribution in [1.29, 1.82) is 0 Å². The predicted octanol–water partition coefficient (Wildman–Crippen LogP) is 2.41. The van der Waals surface area contributed by atoms with E-state index in [1.54, 1.807) is 49.5 Å². The number of fused-ring (bicyclic) bond motifs is 3. The molecule has 0 atom stereocenters. The van der Waals surface area contributed by atoms with Crippen molar-refractivity contribution in [2.45, 2.75) is 17.6 Å². The Hall–Kier alpha value is -3.20. The van der Waals surface area contributed by atoms with Crippen LogP contribution in [0.5, 0.6) is 5.88 Å². The number of pyridine rings is 1. The molecule has 3 aromatic rings. The second kappa shape index (κ2) is 6.75. The van der Waals surface area contributed by atoms with Crippen LogP contribution in [0.1, 0.15) is 23.0 Å². The molecule has 28 heavy (non-hydrogen) atoms. The summed E-state index contributed by atoms with van der Waals surface area (Å²) < 4.78 is 37.3. The Labute approximate surface area is 161 Å². The van der Waals surface area contributed by atoms with Crippen LogP contribution in [-0.4, -0.2) is 42.9 Å². The minimum atomic E-state index is -3.60. The van der Waals surface area contributed by atoms with E-state index in [2.05, 4.69) is 10.1 Å². The monoisotopic (exact) mass is 399 g/mol. The van der Waals surface area contributed by atoms with Crippen LogP contribution in [0.25, 0.3) is 16.9 Å². The summed E-state index contributed by atoms with van der Waals surface area (Å²) >= 11 is 0. The number of carbonyl (C=O) groups is 1. The number of benzene rings is 1. The van der Waals surface area contributed by atoms with Crippen LogP contribution >= 0.6 is 0 Å². The van der Waals surface area contributed by atoms with E-state index in [1.165, 1.54) is 11.8 Å². The number of rotatable bonds is 4. The Kier molecular flexibility index (Phi) is 4.38. The number of methoxy groups -OCH3 is 1. The van der Waals surface area contributed by atoms with E-state index in [0.717, 1.165) is 0 Å². The molecule has 0 aliphatic carbocycles. The second-order valence-electron chi connectivity index (χ2n) is 6.12. The van der Waals surface area contributed by atoms with Gasteiger partial charge in [0.15, 0.2) is 15.5 Å². The molecule has 1 aliphatic heterocycles. The van der Waals surface area contributed by atoms with Crippen molar-refractivity contribution in [1.82, 2.24) is 14.8 Å². The highest BCUT2D eigenvalue weighted by molar-refractivity contribution is 7.90. The molecule has 0 unspecified atom stereocenters. The van der Waals surface area contributed by atoms with Crippen LogP contribution in [0.3, 0.4) is 0 Å². The van der Waals surface area contributed by atoms with Crippen LogP contribution < -0.4 is 4.74 Å². The van der Waals surface area contributed by atoms with E-state index in [1.807, 2.05) is 0 Å². The maximum Gasteiger partial charge on any atom is 0.359 e. The summed E-state index contributed by atoms with van der Waals surface area (Å²) in [5.74, 6) is -0.552. The van der Waals surface area contributed by atoms with E-state index >= 15 is 0 Å². The first kappa shape index (κ1) is 18.2. The molecular weight excluding hydrogens is 382 g/mol. The maximum absolute atomic E-state index is 12.8. The van der Waals surface area contributed by atoms with Gasteiger partial charge in [-0.05, 0) is 19.1 Å². The summed E-state index contributed by atoms with van der Waals surface area (Å²) in [7, 11) is -2.09. The topological polar surface area (TPSA) is 100 Å². The quantitative estimate of drug-likeness (QED) is 0.621. The molecule has 2 aromatic heterocycles. The Balaban J connectivity index is 2.00. The molecule has 4 rings (SSSR count). The third-order valence-electron chi connectivity index (χ3n) is 4.44. The van der Waals surface area contributed by atoms with Crippen LogP contribution in [-0.2, 0) is 20.3 Å². The number of sulfone groups is 1. The fourth-order valence-electron chi connectivity index (χ4n) is 3.23. The molecule has 0 N–H and O–H groups in total. The molecule has 0 spiro atoms. The molecule has 0 amide bonds. The Morgan fingerprint density at radius 3 is 2.68 bits per heavy atom. The highest BCUT2D eigenvalue weighted by Crippen LogP contribution is 2.40. The minimum Gasteiger partial charge on any atom is -0.481 e. The van der Waals surface area contributed by atoms with E-state index < -0.39 is 15.8 Å². The molecule has 0 radical (unpaired) electrons. The van der Waals surface area contributed by atoms with Gasteiger partial charge in [-0.1, -0.05) is 18.2 Å². The number of hydrogen-bond donors (Lipinski definition) is 0. The van der Waals surface area contributed by atoms with Gasteiger partial charge in [0.2, 0.25) is 5.88 Å². The van der Waals surface area contributed by atoms with E-state index in [0.29, 0.717) is 28.4 Å². The number of esters is 1. The molecule has 1 aromatic carbocycles. The van der Waals surface area contributed by atoms with Crippen LogP contribution in [0.15, 0.2) is 47.5 Å². The van der Waals surface area contributed by atoms with Gasteiger partial charge >= 0.3 is 5.97 Å². The summed E-state index contributed by atoms with van der Waals surface area (Å²) in [5, 5.41) is 4.40. The third kappa shape index (κ3) is 2.84. The molecule has 1 aliphatic rings. The summed E-state index contributed by atoms with van der Waals surface area (Å²) in [4.78, 5) is 16.8. The number of nitrogens with zero attached hydrogens (tertiary/aromatic N) is 3. The van der Waals surface area contributed by atoms with Crippen molar-refractivity contribution in [3.63, 3.8) is 0 Å². The summed E-state index contributed by atoms with van der Waals surface area (Å²) in [5.41, 5.74) is 1.92. The SMILES string of the molecule is CCOC(=O)c1nn(-c2ccc(OC)nc2)c2c1CS(=O)(=O)c1ccccc1-2. The lowest BCUT2D eigenvalue weighted by Gasteiger charge is -2.18. The standard InChI is InChI=1S/C19H17N3O5S/c1-3-27-19(23)17-14-11-28(24,25)15-7-5-4-6-13(15)18(14)22(21-17)12-8-9-16(26-2)20-10-12/h4-10H,3,11H2,1-2H3. The zero-order valence-corrected chi connectivity index (χ0v) is 16.1. The Morgan fingerprint density at radius 2 is 2.00 bits per heavy atom. The minimum absolute atomic E-state index is 0.00857. The molecule has 8 nitrogen and oxygen atoms in total. The Morgan fingerprint density at radius 1 is 1.21 bits per heavy atom. The van der Waals surface area contributed by atoms with E-state index in [4.69, 9.17) is 9.47 Å². The summed E-state index contributed by atoms with van der Waals surface area (Å²) in [6.45, 7) is 1.84. The van der Waals surface area contributed by atoms with Gasteiger partial charge in [0.1, 0.15) is 0 Å². The fraction of sp³-hybridized carbons (Fsp3) is 0.211. The van der Waals surface area contributed by atoms with Gasteiger partial charge < -0.3 is 9.47 Å². The number of carbonyl (C=O) groups excluding carboxylic acids is 1. The van der Waals surface area contributed by atoms with Crippen molar-refractivity contribution in [3.8, 4) is 22.8 Å². The lowest BCUT2D eigenvalue weighted by Crippen LogP contribution is -2.16. The molecule has 0 saturated carbocycles. The summed E-state index contributed by atoms with van der Waals surface area (Å²) in [6, 6.07) is 10.1. The van der Waals surface area contributed by atoms with Crippen LogP contribution in [0.4, 0.5) is 0 Å². The van der Waals surface area contributed by atoms with E-state index in [-0.39, 0.29) is 22.9 Å². The number of hydrogen-bond acceptors (Lipinski definition) is 7. The van der Waals surface area contributed by atoms with Crippen LogP contribution in [0.2, 0.25) is 0 Å². The van der Waals surface area contributed by atoms with Gasteiger partial charge in [-0.2, -0.15) is 5.10 Å². The lowest BCUT2D eigenvalue weighted by molar-refractivity contribution is 0.0518. The van der Waals surface area contributed by atoms with Crippen molar-refractivity contribution in [2.75, 3.05) is 13.7 Å². The van der Waals surface area contributed by atoms with Gasteiger partial charge in [-0.3, -0.25) is 0 Å². The first-order chi connectivity index (χ1) is 13.5. The normalized spacial score (nSPS) is 14.1. The van der Waals surface area contributed by atoms with Gasteiger partial charge in [-0.25, -0.2) is 22.9 Å². The predicted molar refractivity (Wildman–Crippen MR) is 100 cm³/mol. The van der Waals surface area contributed by atoms with Gasteiger partial charge in [-0.15, -0.1) is 0 Å². The first-order valence-corrected chi connectivity index (χ1v) is 10.2. The molecule has 144 valence electrons. The largest absolute Gasteiger partial charge is 0.481 e. The number of ether oxygens (including phenoxy) is 2. The average Bonchev–Trinajstić information content (AvgIpc) is 3.07. The third-order valence-corrected chi connectivity index (χ3v) is 6.13. The molecule has 0 fully saturated rings. The number of aromatic nitrogens is 3. The van der Waals surface area contributed by atoms with Crippen LogP contribution in [0, 0.1) is 0 Å². The average molecular weight is 399 g/mol. The fourth-order valence-corrected chi connectivity index (χ4v) is 4.83. The molecule has 3 heterocycles. The highest BCUT2D eigenvalue weighted by Gasteiger charge is 2.36. The van der Waals surface area contributed by atoms with Crippen molar-refractivity contribution in [3.05, 3.63) is 53.9 Å². The highest BCUT2D eigenvalue weighted by atomic mass is 32.2. The lowest BCUT2D eigenvalue weighted by atomic mass is 10.1. The van der Waals surface area contributed by atoms with Crippen molar-refractivity contribution in [2.24, 2.45) is 0 Å². The van der Waals surface area contributed by atoms with E-state index in [9.17, 15) is 13.2 Å². The molecule has 0 bridgehead atoms. The second-order valence-corrected chi connectivity index (χ2v) is 8.08. The molecule has 9 heteroatoms.